The summed E-state index contributed by atoms with van der Waals surface area (Å²) < 4.78 is 0. The first-order valence-electron chi connectivity index (χ1n) is 3.22. The van der Waals surface area contributed by atoms with Crippen LogP contribution in [0.5, 0.6) is 0 Å². The maximum Gasteiger partial charge on any atom is 0.294 e. The summed E-state index contributed by atoms with van der Waals surface area (Å²) in [4.78, 5) is 21.9. The first-order chi connectivity index (χ1) is 5.86. The van der Waals surface area contributed by atoms with Gasteiger partial charge in [0.2, 0.25) is 0 Å². The summed E-state index contributed by atoms with van der Waals surface area (Å²) in [6.45, 7) is 1.86. The second-order valence-electron chi connectivity index (χ2n) is 2.06. The van der Waals surface area contributed by atoms with Gasteiger partial charge in [0.1, 0.15) is 0 Å². The summed E-state index contributed by atoms with van der Waals surface area (Å²) >= 11 is 0. The van der Waals surface area contributed by atoms with Gasteiger partial charge in [-0.05, 0) is 13.3 Å². The monoisotopic (exact) mass is 197 g/mol. The molecule has 0 rings (SSSR count). The summed E-state index contributed by atoms with van der Waals surface area (Å²) in [6, 6.07) is -0.0371. The minimum atomic E-state index is -1.50. The summed E-state index contributed by atoms with van der Waals surface area (Å²) in [5.74, 6) is 0. The van der Waals surface area contributed by atoms with Crippen molar-refractivity contribution >= 4 is 0 Å². The van der Waals surface area contributed by atoms with Crippen molar-refractivity contribution in [2.45, 2.75) is 19.4 Å². The molecule has 0 heterocycles. The normalized spacial score (nSPS) is 10.6. The lowest BCUT2D eigenvalue weighted by Crippen LogP contribution is -2.18. The largest absolute Gasteiger partial charge is 0.328 e. The van der Waals surface area contributed by atoms with Crippen LogP contribution in [0.3, 0.4) is 0 Å². The molecule has 0 aromatic rings. The smallest absolute Gasteiger partial charge is 0.294 e. The van der Waals surface area contributed by atoms with Crippen LogP contribution in [0.2, 0.25) is 0 Å². The third-order valence-corrected chi connectivity index (χ3v) is 0.770. The van der Waals surface area contributed by atoms with Crippen LogP contribution in [0.4, 0.5) is 0 Å². The SMILES string of the molecule is C[C@@H](N)CCO[N+](=O)[O-].O=[N+]([O-])O. The van der Waals surface area contributed by atoms with Crippen molar-refractivity contribution in [3.8, 4) is 0 Å². The Morgan fingerprint density at radius 1 is 1.54 bits per heavy atom. The van der Waals surface area contributed by atoms with Gasteiger partial charge in [-0.15, -0.1) is 20.2 Å². The standard InChI is InChI=1S/C4H10N2O3.HNO3/c1-4(5)2-3-9-6(7)8;2-1(3)4/h4H,2-3,5H2,1H3;(H,2,3,4)/t4-;/m1./s1. The molecule has 0 amide bonds. The van der Waals surface area contributed by atoms with Crippen LogP contribution < -0.4 is 5.73 Å². The van der Waals surface area contributed by atoms with E-state index in [-0.39, 0.29) is 12.6 Å². The average Bonchev–Trinajstić information content (AvgIpc) is 1.83. The Morgan fingerprint density at radius 3 is 2.15 bits per heavy atom. The molecular weight excluding hydrogens is 186 g/mol. The van der Waals surface area contributed by atoms with Gasteiger partial charge in [0.15, 0.2) is 0 Å². The molecule has 0 spiro atoms. The molecule has 1 atom stereocenters. The lowest BCUT2D eigenvalue weighted by atomic mass is 10.3. The van der Waals surface area contributed by atoms with Gasteiger partial charge in [0.05, 0.1) is 6.61 Å². The van der Waals surface area contributed by atoms with E-state index in [1.807, 2.05) is 0 Å². The Balaban J connectivity index is 0. The third kappa shape index (κ3) is 38.1. The third-order valence-electron chi connectivity index (χ3n) is 0.770. The fraction of sp³-hybridized carbons (Fsp3) is 1.00. The van der Waals surface area contributed by atoms with Gasteiger partial charge in [-0.3, -0.25) is 0 Å². The van der Waals surface area contributed by atoms with E-state index in [1.54, 1.807) is 6.92 Å². The Bertz CT molecular complexity index is 156. The van der Waals surface area contributed by atoms with Crippen molar-refractivity contribution < 1.29 is 20.2 Å². The molecule has 13 heavy (non-hydrogen) atoms. The van der Waals surface area contributed by atoms with Gasteiger partial charge in [0.25, 0.3) is 10.2 Å². The van der Waals surface area contributed by atoms with Crippen LogP contribution in [0.25, 0.3) is 0 Å². The molecule has 0 aromatic carbocycles. The minimum absolute atomic E-state index is 0.0371. The second-order valence-corrected chi connectivity index (χ2v) is 2.06. The zero-order chi connectivity index (χ0) is 10.9. The first kappa shape index (κ1) is 13.9. The Morgan fingerprint density at radius 2 is 1.92 bits per heavy atom. The molecule has 0 bridgehead atoms. The summed E-state index contributed by atoms with van der Waals surface area (Å²) in [6.07, 6.45) is 0.515. The molecule has 0 aliphatic heterocycles. The van der Waals surface area contributed by atoms with Gasteiger partial charge < -0.3 is 15.8 Å². The molecule has 9 heteroatoms. The Hall–Kier alpha value is -1.64. The number of nitrogens with two attached hydrogens (primary N) is 1. The van der Waals surface area contributed by atoms with E-state index in [9.17, 15) is 10.1 Å². The highest BCUT2D eigenvalue weighted by Gasteiger charge is 1.96. The molecule has 0 radical (unpaired) electrons. The number of hydrogen-bond acceptors (Lipinski definition) is 6. The van der Waals surface area contributed by atoms with Crippen LogP contribution in [-0.2, 0) is 4.84 Å². The van der Waals surface area contributed by atoms with Gasteiger partial charge in [-0.25, -0.2) is 0 Å². The molecule has 0 saturated carbocycles. The molecule has 0 aliphatic carbocycles. The van der Waals surface area contributed by atoms with Crippen molar-refractivity contribution in [3.05, 3.63) is 20.2 Å². The number of hydrogen-bond donors (Lipinski definition) is 2. The Labute approximate surface area is 73.3 Å². The molecule has 3 N–H and O–H groups in total. The van der Waals surface area contributed by atoms with Crippen molar-refractivity contribution in [1.82, 2.24) is 0 Å². The maximum atomic E-state index is 9.52. The molecule has 0 aromatic heterocycles. The van der Waals surface area contributed by atoms with Crippen LogP contribution in [0.1, 0.15) is 13.3 Å². The van der Waals surface area contributed by atoms with E-state index >= 15 is 0 Å². The topological polar surface area (TPSA) is 142 Å². The van der Waals surface area contributed by atoms with Gasteiger partial charge in [0, 0.05) is 6.04 Å². The van der Waals surface area contributed by atoms with Crippen LogP contribution in [0.15, 0.2) is 0 Å². The van der Waals surface area contributed by atoms with E-state index in [1.165, 1.54) is 0 Å². The highest BCUT2D eigenvalue weighted by molar-refractivity contribution is 4.48. The van der Waals surface area contributed by atoms with Crippen molar-refractivity contribution in [1.29, 1.82) is 0 Å². The zero-order valence-electron chi connectivity index (χ0n) is 6.95. The fourth-order valence-electron chi connectivity index (χ4n) is 0.313. The highest BCUT2D eigenvalue weighted by atomic mass is 16.9. The highest BCUT2D eigenvalue weighted by Crippen LogP contribution is 1.86. The quantitative estimate of drug-likeness (QED) is 0.460. The first-order valence-corrected chi connectivity index (χ1v) is 3.22. The second kappa shape index (κ2) is 8.46. The lowest BCUT2D eigenvalue weighted by molar-refractivity contribution is -0.757. The van der Waals surface area contributed by atoms with Gasteiger partial charge in [-0.1, -0.05) is 0 Å². The lowest BCUT2D eigenvalue weighted by Gasteiger charge is -2.00. The van der Waals surface area contributed by atoms with E-state index in [0.717, 1.165) is 0 Å². The predicted molar refractivity (Wildman–Crippen MR) is 40.0 cm³/mol. The minimum Gasteiger partial charge on any atom is -0.328 e. The molecule has 0 fully saturated rings. The molecule has 9 nitrogen and oxygen atoms in total. The van der Waals surface area contributed by atoms with Crippen LogP contribution in [-0.4, -0.2) is 28.0 Å². The van der Waals surface area contributed by atoms with Crippen molar-refractivity contribution in [3.63, 3.8) is 0 Å². The van der Waals surface area contributed by atoms with Crippen LogP contribution in [0, 0.1) is 20.2 Å². The molecule has 0 unspecified atom stereocenters. The summed E-state index contributed by atoms with van der Waals surface area (Å²) in [7, 11) is 0. The van der Waals surface area contributed by atoms with Gasteiger partial charge in [-0.2, -0.15) is 0 Å². The van der Waals surface area contributed by atoms with Gasteiger partial charge >= 0.3 is 0 Å². The fourth-order valence-corrected chi connectivity index (χ4v) is 0.313. The molecular formula is C4H11N3O6. The maximum absolute atomic E-state index is 9.52. The number of rotatable bonds is 4. The predicted octanol–water partition coefficient (Wildman–Crippen LogP) is -0.416. The zero-order valence-corrected chi connectivity index (χ0v) is 6.95. The van der Waals surface area contributed by atoms with E-state index in [2.05, 4.69) is 4.84 Å². The number of nitrogens with zero attached hydrogens (tertiary/aromatic N) is 2. The average molecular weight is 197 g/mol. The molecule has 0 saturated heterocycles. The summed E-state index contributed by atoms with van der Waals surface area (Å²) in [5.41, 5.74) is 5.28. The van der Waals surface area contributed by atoms with E-state index in [0.29, 0.717) is 6.42 Å². The molecule has 0 aliphatic rings. The van der Waals surface area contributed by atoms with Crippen molar-refractivity contribution in [2.24, 2.45) is 5.73 Å². The Kier molecular flexibility index (Phi) is 9.05. The van der Waals surface area contributed by atoms with E-state index < -0.39 is 10.2 Å². The molecule has 78 valence electrons. The van der Waals surface area contributed by atoms with Crippen molar-refractivity contribution in [2.75, 3.05) is 6.61 Å². The van der Waals surface area contributed by atoms with Crippen LogP contribution >= 0.6 is 0 Å². The van der Waals surface area contributed by atoms with E-state index in [4.69, 9.17) is 21.1 Å². The summed E-state index contributed by atoms with van der Waals surface area (Å²) in [5, 5.41) is 22.3.